The highest BCUT2D eigenvalue weighted by molar-refractivity contribution is 7.87. The summed E-state index contributed by atoms with van der Waals surface area (Å²) in [4.78, 5) is -0.381. The molecule has 0 saturated carbocycles. The van der Waals surface area contributed by atoms with Crippen LogP contribution in [-0.2, 0) is 16.3 Å². The van der Waals surface area contributed by atoms with Crippen LogP contribution in [0.15, 0.2) is 47.4 Å². The number of methoxy groups -OCH3 is 1. The minimum atomic E-state index is -4.54. The van der Waals surface area contributed by atoms with Gasteiger partial charge in [0.25, 0.3) is 0 Å². The fourth-order valence-electron chi connectivity index (χ4n) is 1.82. The van der Waals surface area contributed by atoms with Crippen molar-refractivity contribution in [3.8, 4) is 11.5 Å². The molecule has 0 bridgehead atoms. The molecule has 0 spiro atoms. The highest BCUT2D eigenvalue weighted by Crippen LogP contribution is 2.32. The maximum Gasteiger partial charge on any atom is 0.416 e. The molecular formula is C15H13F3O4S. The lowest BCUT2D eigenvalue weighted by Crippen LogP contribution is -2.11. The van der Waals surface area contributed by atoms with E-state index in [2.05, 4.69) is 0 Å². The number of ether oxygens (including phenoxy) is 1. The number of rotatable bonds is 4. The quantitative estimate of drug-likeness (QED) is 0.791. The van der Waals surface area contributed by atoms with Gasteiger partial charge in [0.1, 0.15) is 4.90 Å². The topological polar surface area (TPSA) is 52.6 Å². The fraction of sp³-hybridized carbons (Fsp3) is 0.200. The summed E-state index contributed by atoms with van der Waals surface area (Å²) in [7, 11) is -2.91. The van der Waals surface area contributed by atoms with Crippen LogP contribution >= 0.6 is 0 Å². The van der Waals surface area contributed by atoms with Crippen LogP contribution in [0.3, 0.4) is 0 Å². The molecule has 2 aromatic rings. The minimum Gasteiger partial charge on any atom is -0.493 e. The standard InChI is InChI=1S/C15H13F3O4S/c1-10-3-8-13(14(9-10)21-2)22-23(19,20)12-6-4-11(5-7-12)15(16,17)18/h3-9H,1-2H3. The molecule has 0 radical (unpaired) electrons. The molecule has 0 aromatic heterocycles. The second-order valence-electron chi connectivity index (χ2n) is 4.71. The largest absolute Gasteiger partial charge is 0.493 e. The van der Waals surface area contributed by atoms with Gasteiger partial charge in [0.05, 0.1) is 12.7 Å². The van der Waals surface area contributed by atoms with E-state index in [4.69, 9.17) is 8.92 Å². The lowest BCUT2D eigenvalue weighted by Gasteiger charge is -2.12. The molecule has 0 saturated heterocycles. The lowest BCUT2D eigenvalue weighted by atomic mass is 10.2. The van der Waals surface area contributed by atoms with Crippen molar-refractivity contribution in [1.82, 2.24) is 0 Å². The van der Waals surface area contributed by atoms with E-state index in [1.807, 2.05) is 0 Å². The van der Waals surface area contributed by atoms with Crippen molar-refractivity contribution < 1.29 is 30.5 Å². The van der Waals surface area contributed by atoms with Crippen molar-refractivity contribution in [3.05, 3.63) is 53.6 Å². The molecule has 0 atom stereocenters. The predicted molar refractivity (Wildman–Crippen MR) is 77.0 cm³/mol. The van der Waals surface area contributed by atoms with Gasteiger partial charge >= 0.3 is 16.3 Å². The predicted octanol–water partition coefficient (Wildman–Crippen LogP) is 3.79. The number of benzene rings is 2. The van der Waals surface area contributed by atoms with Gasteiger partial charge in [-0.25, -0.2) is 0 Å². The summed E-state index contributed by atoms with van der Waals surface area (Å²) >= 11 is 0. The average molecular weight is 346 g/mol. The van der Waals surface area contributed by atoms with Crippen LogP contribution in [0.1, 0.15) is 11.1 Å². The molecule has 0 unspecified atom stereocenters. The molecule has 0 heterocycles. The number of halogens is 3. The third kappa shape index (κ3) is 3.95. The first kappa shape index (κ1) is 17.1. The van der Waals surface area contributed by atoms with Crippen LogP contribution < -0.4 is 8.92 Å². The zero-order chi connectivity index (χ0) is 17.3. The maximum atomic E-state index is 12.5. The van der Waals surface area contributed by atoms with E-state index in [1.165, 1.54) is 13.2 Å². The van der Waals surface area contributed by atoms with Crippen LogP contribution in [0.2, 0.25) is 0 Å². The smallest absolute Gasteiger partial charge is 0.416 e. The van der Waals surface area contributed by atoms with Crippen molar-refractivity contribution in [2.24, 2.45) is 0 Å². The van der Waals surface area contributed by atoms with E-state index in [-0.39, 0.29) is 16.4 Å². The van der Waals surface area contributed by atoms with Crippen LogP contribution in [0, 0.1) is 6.92 Å². The van der Waals surface area contributed by atoms with Crippen molar-refractivity contribution in [2.75, 3.05) is 7.11 Å². The van der Waals surface area contributed by atoms with Gasteiger partial charge in [-0.15, -0.1) is 0 Å². The monoisotopic (exact) mass is 346 g/mol. The van der Waals surface area contributed by atoms with Crippen molar-refractivity contribution in [3.63, 3.8) is 0 Å². The Kier molecular flexibility index (Phi) is 4.56. The van der Waals surface area contributed by atoms with E-state index in [9.17, 15) is 21.6 Å². The third-order valence-corrected chi connectivity index (χ3v) is 4.24. The molecule has 0 aliphatic carbocycles. The molecule has 23 heavy (non-hydrogen) atoms. The van der Waals surface area contributed by atoms with E-state index >= 15 is 0 Å². The number of aryl methyl sites for hydroxylation is 1. The first-order chi connectivity index (χ1) is 10.6. The van der Waals surface area contributed by atoms with Gasteiger partial charge in [-0.05, 0) is 48.9 Å². The van der Waals surface area contributed by atoms with E-state index in [0.717, 1.165) is 17.7 Å². The zero-order valence-electron chi connectivity index (χ0n) is 12.2. The highest BCUT2D eigenvalue weighted by Gasteiger charge is 2.31. The second kappa shape index (κ2) is 6.11. The summed E-state index contributed by atoms with van der Waals surface area (Å²) in [6.45, 7) is 1.79. The summed E-state index contributed by atoms with van der Waals surface area (Å²) in [5.74, 6) is 0.165. The maximum absolute atomic E-state index is 12.5. The Morgan fingerprint density at radius 2 is 1.57 bits per heavy atom. The Balaban J connectivity index is 2.32. The normalized spacial score (nSPS) is 12.0. The van der Waals surface area contributed by atoms with Gasteiger partial charge in [0.15, 0.2) is 11.5 Å². The second-order valence-corrected chi connectivity index (χ2v) is 6.26. The van der Waals surface area contributed by atoms with E-state index in [1.54, 1.807) is 19.1 Å². The third-order valence-electron chi connectivity index (χ3n) is 2.99. The van der Waals surface area contributed by atoms with Crippen LogP contribution in [-0.4, -0.2) is 15.5 Å². The van der Waals surface area contributed by atoms with Crippen LogP contribution in [0.5, 0.6) is 11.5 Å². The van der Waals surface area contributed by atoms with Gasteiger partial charge in [0.2, 0.25) is 0 Å². The molecule has 0 fully saturated rings. The molecule has 2 rings (SSSR count). The van der Waals surface area contributed by atoms with E-state index < -0.39 is 21.9 Å². The van der Waals surface area contributed by atoms with Gasteiger partial charge in [-0.2, -0.15) is 21.6 Å². The molecule has 0 aliphatic rings. The summed E-state index contributed by atoms with van der Waals surface area (Å²) in [5.41, 5.74) is -0.106. The Hall–Kier alpha value is -2.22. The average Bonchev–Trinajstić information content (AvgIpc) is 2.48. The summed E-state index contributed by atoms with van der Waals surface area (Å²) < 4.78 is 71.8. The first-order valence-electron chi connectivity index (χ1n) is 6.40. The van der Waals surface area contributed by atoms with Crippen molar-refractivity contribution >= 4 is 10.1 Å². The molecule has 4 nitrogen and oxygen atoms in total. The Labute approximate surface area is 131 Å². The molecule has 124 valence electrons. The molecule has 0 N–H and O–H groups in total. The van der Waals surface area contributed by atoms with Gasteiger partial charge < -0.3 is 8.92 Å². The molecule has 0 aliphatic heterocycles. The molecule has 8 heteroatoms. The zero-order valence-corrected chi connectivity index (χ0v) is 13.0. The summed E-state index contributed by atoms with van der Waals surface area (Å²) in [6, 6.07) is 7.68. The molecule has 2 aromatic carbocycles. The van der Waals surface area contributed by atoms with Gasteiger partial charge in [0, 0.05) is 0 Å². The SMILES string of the molecule is COc1cc(C)ccc1OS(=O)(=O)c1ccc(C(F)(F)F)cc1. The van der Waals surface area contributed by atoms with Crippen molar-refractivity contribution in [2.45, 2.75) is 18.0 Å². The summed E-state index contributed by atoms with van der Waals surface area (Å²) in [5, 5.41) is 0. The molecular weight excluding hydrogens is 333 g/mol. The van der Waals surface area contributed by atoms with Gasteiger partial charge in [-0.3, -0.25) is 0 Å². The fourth-order valence-corrected chi connectivity index (χ4v) is 2.76. The van der Waals surface area contributed by atoms with Crippen LogP contribution in [0.25, 0.3) is 0 Å². The lowest BCUT2D eigenvalue weighted by molar-refractivity contribution is -0.137. The number of hydrogen-bond donors (Lipinski definition) is 0. The Morgan fingerprint density at radius 1 is 0.957 bits per heavy atom. The van der Waals surface area contributed by atoms with Gasteiger partial charge in [-0.1, -0.05) is 6.07 Å². The Morgan fingerprint density at radius 3 is 2.09 bits per heavy atom. The van der Waals surface area contributed by atoms with Crippen molar-refractivity contribution in [1.29, 1.82) is 0 Å². The van der Waals surface area contributed by atoms with E-state index in [0.29, 0.717) is 12.1 Å². The first-order valence-corrected chi connectivity index (χ1v) is 7.81. The highest BCUT2D eigenvalue weighted by atomic mass is 32.2. The molecule has 0 amide bonds. The van der Waals surface area contributed by atoms with Crippen LogP contribution in [0.4, 0.5) is 13.2 Å². The minimum absolute atomic E-state index is 0.0435. The number of alkyl halides is 3. The summed E-state index contributed by atoms with van der Waals surface area (Å²) in [6.07, 6.45) is -4.54. The number of hydrogen-bond acceptors (Lipinski definition) is 4. The Bertz CT molecular complexity index is 796.